The molecule has 0 radical (unpaired) electrons. The van der Waals surface area contributed by atoms with Gasteiger partial charge in [-0.25, -0.2) is 0 Å². The fraction of sp³-hybridized carbons (Fsp3) is 0.682. The highest BCUT2D eigenvalue weighted by atomic mass is 16.3. The molecule has 3 unspecified atom stereocenters. The van der Waals surface area contributed by atoms with Crippen molar-refractivity contribution in [3.8, 4) is 0 Å². The number of unbranched alkanes of at least 4 members (excludes halogenated alkanes) is 5. The van der Waals surface area contributed by atoms with Crippen molar-refractivity contribution in [2.24, 2.45) is 0 Å². The fourth-order valence-corrected chi connectivity index (χ4v) is 3.65. The first kappa shape index (κ1) is 20.9. The zero-order valence-electron chi connectivity index (χ0n) is 16.5. The zero-order chi connectivity index (χ0) is 18.8. The molecule has 0 spiro atoms. The molecular formula is C22H36N2O2. The van der Waals surface area contributed by atoms with Gasteiger partial charge in [0, 0.05) is 5.69 Å². The van der Waals surface area contributed by atoms with Crippen LogP contribution in [0, 0.1) is 0 Å². The van der Waals surface area contributed by atoms with E-state index >= 15 is 0 Å². The molecule has 1 aliphatic heterocycles. The number of amides is 1. The Kier molecular flexibility index (Phi) is 9.13. The minimum absolute atomic E-state index is 0.148. The SMILES string of the molecule is CCCCCCCCC(C)c1ccc(NC(=O)C2NCCCC2O)cc1. The molecule has 0 bridgehead atoms. The number of hydrogen-bond donors (Lipinski definition) is 3. The maximum atomic E-state index is 12.3. The maximum Gasteiger partial charge on any atom is 0.244 e. The van der Waals surface area contributed by atoms with Gasteiger partial charge >= 0.3 is 0 Å². The van der Waals surface area contributed by atoms with E-state index < -0.39 is 12.1 Å². The van der Waals surface area contributed by atoms with Gasteiger partial charge in [-0.1, -0.05) is 64.5 Å². The number of carbonyl (C=O) groups is 1. The molecule has 0 aliphatic carbocycles. The quantitative estimate of drug-likeness (QED) is 0.535. The molecule has 3 atom stereocenters. The minimum atomic E-state index is -0.597. The summed E-state index contributed by atoms with van der Waals surface area (Å²) < 4.78 is 0. The van der Waals surface area contributed by atoms with Gasteiger partial charge in [0.1, 0.15) is 6.04 Å². The summed E-state index contributed by atoms with van der Waals surface area (Å²) in [7, 11) is 0. The van der Waals surface area contributed by atoms with Crippen LogP contribution in [0.25, 0.3) is 0 Å². The van der Waals surface area contributed by atoms with Crippen LogP contribution < -0.4 is 10.6 Å². The molecule has 146 valence electrons. The second-order valence-electron chi connectivity index (χ2n) is 7.71. The molecule has 1 aromatic rings. The highest BCUT2D eigenvalue weighted by molar-refractivity contribution is 5.95. The smallest absolute Gasteiger partial charge is 0.244 e. The molecule has 0 aromatic heterocycles. The Hall–Kier alpha value is -1.39. The first-order valence-corrected chi connectivity index (χ1v) is 10.4. The lowest BCUT2D eigenvalue weighted by Crippen LogP contribution is -2.52. The highest BCUT2D eigenvalue weighted by Crippen LogP contribution is 2.24. The van der Waals surface area contributed by atoms with Gasteiger partial charge in [0.15, 0.2) is 0 Å². The van der Waals surface area contributed by atoms with Crippen LogP contribution in [0.4, 0.5) is 5.69 Å². The number of benzene rings is 1. The summed E-state index contributed by atoms with van der Waals surface area (Å²) in [6.07, 6.45) is 10.2. The first-order chi connectivity index (χ1) is 12.6. The molecule has 1 fully saturated rings. The number of piperidine rings is 1. The topological polar surface area (TPSA) is 61.4 Å². The molecule has 1 heterocycles. The van der Waals surface area contributed by atoms with Crippen LogP contribution in [-0.2, 0) is 4.79 Å². The van der Waals surface area contributed by atoms with Crippen molar-refractivity contribution in [3.63, 3.8) is 0 Å². The third-order valence-corrected chi connectivity index (χ3v) is 5.45. The van der Waals surface area contributed by atoms with Gasteiger partial charge in [0.05, 0.1) is 6.10 Å². The Bertz CT molecular complexity index is 529. The fourth-order valence-electron chi connectivity index (χ4n) is 3.65. The number of anilines is 1. The van der Waals surface area contributed by atoms with E-state index in [9.17, 15) is 9.90 Å². The van der Waals surface area contributed by atoms with Crippen molar-refractivity contribution in [3.05, 3.63) is 29.8 Å². The van der Waals surface area contributed by atoms with Crippen LogP contribution in [0.3, 0.4) is 0 Å². The molecule has 2 rings (SSSR count). The average Bonchev–Trinajstić information content (AvgIpc) is 2.65. The summed E-state index contributed by atoms with van der Waals surface area (Å²) in [4.78, 5) is 12.3. The first-order valence-electron chi connectivity index (χ1n) is 10.4. The number of aliphatic hydroxyl groups is 1. The largest absolute Gasteiger partial charge is 0.391 e. The van der Waals surface area contributed by atoms with E-state index in [1.54, 1.807) is 0 Å². The number of nitrogens with one attached hydrogen (secondary N) is 2. The van der Waals surface area contributed by atoms with E-state index in [0.717, 1.165) is 18.7 Å². The standard InChI is InChI=1S/C22H36N2O2/c1-3-4-5-6-7-8-10-17(2)18-12-14-19(15-13-18)24-22(26)21-20(25)11-9-16-23-21/h12-15,17,20-21,23,25H,3-11,16H2,1-2H3,(H,24,26). The average molecular weight is 361 g/mol. The number of aliphatic hydroxyl groups excluding tert-OH is 1. The van der Waals surface area contributed by atoms with E-state index in [4.69, 9.17) is 0 Å². The third-order valence-electron chi connectivity index (χ3n) is 5.45. The van der Waals surface area contributed by atoms with Crippen molar-refractivity contribution < 1.29 is 9.90 Å². The molecule has 0 saturated carbocycles. The Labute approximate surface area is 158 Å². The van der Waals surface area contributed by atoms with E-state index in [-0.39, 0.29) is 5.91 Å². The van der Waals surface area contributed by atoms with Crippen LogP contribution in [0.15, 0.2) is 24.3 Å². The highest BCUT2D eigenvalue weighted by Gasteiger charge is 2.28. The number of carbonyl (C=O) groups excluding carboxylic acids is 1. The number of hydrogen-bond acceptors (Lipinski definition) is 3. The summed E-state index contributed by atoms with van der Waals surface area (Å²) in [6.45, 7) is 5.31. The van der Waals surface area contributed by atoms with Gasteiger partial charge in [-0.3, -0.25) is 4.79 Å². The second kappa shape index (κ2) is 11.3. The van der Waals surface area contributed by atoms with E-state index in [2.05, 4.69) is 36.6 Å². The molecule has 26 heavy (non-hydrogen) atoms. The monoisotopic (exact) mass is 360 g/mol. The van der Waals surface area contributed by atoms with Crippen LogP contribution in [0.2, 0.25) is 0 Å². The predicted octanol–water partition coefficient (Wildman–Crippen LogP) is 4.59. The lowest BCUT2D eigenvalue weighted by molar-refractivity contribution is -0.121. The summed E-state index contributed by atoms with van der Waals surface area (Å²) >= 11 is 0. The Morgan fingerprint density at radius 2 is 1.88 bits per heavy atom. The van der Waals surface area contributed by atoms with Crippen molar-refractivity contribution in [1.29, 1.82) is 0 Å². The molecule has 1 saturated heterocycles. The van der Waals surface area contributed by atoms with E-state index in [1.807, 2.05) is 12.1 Å². The van der Waals surface area contributed by atoms with Crippen LogP contribution in [0.1, 0.15) is 83.1 Å². The van der Waals surface area contributed by atoms with Gasteiger partial charge in [-0.05, 0) is 49.4 Å². The van der Waals surface area contributed by atoms with E-state index in [1.165, 1.54) is 50.5 Å². The van der Waals surface area contributed by atoms with Gasteiger partial charge in [-0.15, -0.1) is 0 Å². The summed E-state index contributed by atoms with van der Waals surface area (Å²) in [5.41, 5.74) is 2.12. The van der Waals surface area contributed by atoms with Gasteiger partial charge < -0.3 is 15.7 Å². The van der Waals surface area contributed by atoms with Crippen molar-refractivity contribution in [2.75, 3.05) is 11.9 Å². The second-order valence-corrected chi connectivity index (χ2v) is 7.71. The third kappa shape index (κ3) is 6.73. The normalized spacial score (nSPS) is 21.3. The Balaban J connectivity index is 1.75. The maximum absolute atomic E-state index is 12.3. The molecule has 1 aromatic carbocycles. The van der Waals surface area contributed by atoms with Gasteiger partial charge in [0.25, 0.3) is 0 Å². The molecule has 1 aliphatic rings. The molecule has 4 nitrogen and oxygen atoms in total. The van der Waals surface area contributed by atoms with Gasteiger partial charge in [0.2, 0.25) is 5.91 Å². The van der Waals surface area contributed by atoms with Crippen molar-refractivity contribution in [2.45, 2.75) is 89.7 Å². The molecule has 3 N–H and O–H groups in total. The van der Waals surface area contributed by atoms with E-state index in [0.29, 0.717) is 12.3 Å². The van der Waals surface area contributed by atoms with Crippen LogP contribution >= 0.6 is 0 Å². The molecular weight excluding hydrogens is 324 g/mol. The Morgan fingerprint density at radius 3 is 2.58 bits per heavy atom. The number of rotatable bonds is 10. The Morgan fingerprint density at radius 1 is 1.19 bits per heavy atom. The zero-order valence-corrected chi connectivity index (χ0v) is 16.5. The summed E-state index contributed by atoms with van der Waals surface area (Å²) in [5, 5.41) is 16.0. The summed E-state index contributed by atoms with van der Waals surface area (Å²) in [6, 6.07) is 7.67. The molecule has 4 heteroatoms. The molecule has 1 amide bonds. The van der Waals surface area contributed by atoms with Crippen LogP contribution in [-0.4, -0.2) is 29.7 Å². The minimum Gasteiger partial charge on any atom is -0.391 e. The summed E-state index contributed by atoms with van der Waals surface area (Å²) in [5.74, 6) is 0.401. The predicted molar refractivity (Wildman–Crippen MR) is 109 cm³/mol. The van der Waals surface area contributed by atoms with Crippen molar-refractivity contribution in [1.82, 2.24) is 5.32 Å². The van der Waals surface area contributed by atoms with Crippen LogP contribution in [0.5, 0.6) is 0 Å². The lowest BCUT2D eigenvalue weighted by Gasteiger charge is -2.27. The van der Waals surface area contributed by atoms with Gasteiger partial charge in [-0.2, -0.15) is 0 Å². The van der Waals surface area contributed by atoms with Crippen molar-refractivity contribution >= 4 is 11.6 Å². The lowest BCUT2D eigenvalue weighted by atomic mass is 9.94.